The van der Waals surface area contributed by atoms with Gasteiger partial charge in [-0.05, 0) is 13.0 Å². The summed E-state index contributed by atoms with van der Waals surface area (Å²) in [7, 11) is 1.37. The molecule has 1 heterocycles. The Balaban J connectivity index is 2.41. The number of rotatable bonds is 6. The number of anilines is 1. The van der Waals surface area contributed by atoms with Crippen LogP contribution in [-0.2, 0) is 9.53 Å². The average molecular weight is 224 g/mol. The summed E-state index contributed by atoms with van der Waals surface area (Å²) >= 11 is 0. The van der Waals surface area contributed by atoms with Gasteiger partial charge in [0.25, 0.3) is 0 Å². The maximum atomic E-state index is 10.9. The molecule has 88 valence electrons. The molecule has 5 nitrogen and oxygen atoms in total. The molecule has 16 heavy (non-hydrogen) atoms. The number of esters is 1. The Kier molecular flexibility index (Phi) is 5.11. The first-order chi connectivity index (χ1) is 7.76. The molecular formula is C11H16N2O3. The lowest BCUT2D eigenvalue weighted by Gasteiger charge is -2.06. The molecule has 0 aromatic carbocycles. The molecule has 1 rings (SSSR count). The zero-order valence-electron chi connectivity index (χ0n) is 9.53. The number of aromatic nitrogens is 1. The van der Waals surface area contributed by atoms with E-state index in [0.29, 0.717) is 31.3 Å². The molecule has 0 aliphatic rings. The third-order valence-corrected chi connectivity index (χ3v) is 1.88. The van der Waals surface area contributed by atoms with Gasteiger partial charge in [-0.25, -0.2) is 0 Å². The summed E-state index contributed by atoms with van der Waals surface area (Å²) < 4.78 is 9.78. The predicted octanol–water partition coefficient (Wildman–Crippen LogP) is 1.46. The molecule has 0 aliphatic heterocycles. The van der Waals surface area contributed by atoms with Crippen molar-refractivity contribution in [3.63, 3.8) is 0 Å². The van der Waals surface area contributed by atoms with Crippen molar-refractivity contribution in [2.24, 2.45) is 0 Å². The number of pyridine rings is 1. The second-order valence-corrected chi connectivity index (χ2v) is 3.05. The van der Waals surface area contributed by atoms with Crippen molar-refractivity contribution >= 4 is 11.8 Å². The fourth-order valence-corrected chi connectivity index (χ4v) is 1.14. The van der Waals surface area contributed by atoms with Gasteiger partial charge in [-0.2, -0.15) is 4.98 Å². The molecule has 0 radical (unpaired) electrons. The molecule has 0 aliphatic carbocycles. The molecule has 0 amide bonds. The second kappa shape index (κ2) is 6.66. The Morgan fingerprint density at radius 1 is 1.50 bits per heavy atom. The Hall–Kier alpha value is -1.78. The van der Waals surface area contributed by atoms with E-state index in [2.05, 4.69) is 15.0 Å². The highest BCUT2D eigenvalue weighted by molar-refractivity contribution is 5.69. The summed E-state index contributed by atoms with van der Waals surface area (Å²) in [5.74, 6) is 1.02. The summed E-state index contributed by atoms with van der Waals surface area (Å²) in [5.41, 5.74) is 0. The number of nitrogens with one attached hydrogen (secondary N) is 1. The molecule has 0 atom stereocenters. The zero-order valence-corrected chi connectivity index (χ0v) is 9.53. The molecule has 0 saturated heterocycles. The lowest BCUT2D eigenvalue weighted by molar-refractivity contribution is -0.140. The molecule has 0 bridgehead atoms. The smallest absolute Gasteiger partial charge is 0.307 e. The summed E-state index contributed by atoms with van der Waals surface area (Å²) in [5, 5.41) is 3.02. The number of hydrogen-bond donors (Lipinski definition) is 1. The van der Waals surface area contributed by atoms with Crippen molar-refractivity contribution in [3.8, 4) is 5.88 Å². The van der Waals surface area contributed by atoms with Crippen LogP contribution in [0.5, 0.6) is 5.88 Å². The topological polar surface area (TPSA) is 60.5 Å². The van der Waals surface area contributed by atoms with E-state index in [4.69, 9.17) is 4.74 Å². The van der Waals surface area contributed by atoms with Crippen LogP contribution in [0.1, 0.15) is 13.3 Å². The molecule has 5 heteroatoms. The zero-order chi connectivity index (χ0) is 11.8. The average Bonchev–Trinajstić information content (AvgIpc) is 2.30. The number of carbonyl (C=O) groups excluding carboxylic acids is 1. The van der Waals surface area contributed by atoms with E-state index >= 15 is 0 Å². The van der Waals surface area contributed by atoms with Gasteiger partial charge in [-0.15, -0.1) is 0 Å². The van der Waals surface area contributed by atoms with E-state index in [1.54, 1.807) is 6.07 Å². The molecule has 0 fully saturated rings. The third-order valence-electron chi connectivity index (χ3n) is 1.88. The monoisotopic (exact) mass is 224 g/mol. The van der Waals surface area contributed by atoms with E-state index < -0.39 is 0 Å². The van der Waals surface area contributed by atoms with E-state index in [9.17, 15) is 4.79 Å². The standard InChI is InChI=1S/C11H16N2O3/c1-3-16-10-6-4-5-9(13-10)12-8-7-11(14)15-2/h4-6H,3,7-8H2,1-2H3,(H,12,13). The maximum absolute atomic E-state index is 10.9. The molecule has 0 spiro atoms. The highest BCUT2D eigenvalue weighted by atomic mass is 16.5. The number of ether oxygens (including phenoxy) is 2. The van der Waals surface area contributed by atoms with Crippen molar-refractivity contribution in [3.05, 3.63) is 18.2 Å². The highest BCUT2D eigenvalue weighted by Crippen LogP contribution is 2.11. The number of nitrogens with zero attached hydrogens (tertiary/aromatic N) is 1. The fourth-order valence-electron chi connectivity index (χ4n) is 1.14. The third kappa shape index (κ3) is 4.16. The van der Waals surface area contributed by atoms with E-state index in [0.717, 1.165) is 0 Å². The number of hydrogen-bond acceptors (Lipinski definition) is 5. The Morgan fingerprint density at radius 2 is 2.31 bits per heavy atom. The van der Waals surface area contributed by atoms with E-state index in [1.807, 2.05) is 19.1 Å². The van der Waals surface area contributed by atoms with Gasteiger partial charge in [0.05, 0.1) is 20.1 Å². The Labute approximate surface area is 94.8 Å². The lowest BCUT2D eigenvalue weighted by atomic mass is 10.4. The van der Waals surface area contributed by atoms with Gasteiger partial charge in [0, 0.05) is 12.6 Å². The first-order valence-corrected chi connectivity index (χ1v) is 5.16. The van der Waals surface area contributed by atoms with Crippen molar-refractivity contribution in [2.45, 2.75) is 13.3 Å². The van der Waals surface area contributed by atoms with Crippen LogP contribution in [0, 0.1) is 0 Å². The minimum atomic E-state index is -0.242. The number of carbonyl (C=O) groups is 1. The van der Waals surface area contributed by atoms with Crippen LogP contribution in [-0.4, -0.2) is 31.2 Å². The van der Waals surface area contributed by atoms with Gasteiger partial charge >= 0.3 is 5.97 Å². The van der Waals surface area contributed by atoms with Crippen LogP contribution in [0.2, 0.25) is 0 Å². The van der Waals surface area contributed by atoms with Crippen LogP contribution in [0.15, 0.2) is 18.2 Å². The first-order valence-electron chi connectivity index (χ1n) is 5.16. The molecule has 1 aromatic rings. The quantitative estimate of drug-likeness (QED) is 0.741. The predicted molar refractivity (Wildman–Crippen MR) is 60.5 cm³/mol. The van der Waals surface area contributed by atoms with Crippen molar-refractivity contribution in [2.75, 3.05) is 25.6 Å². The molecule has 1 N–H and O–H groups in total. The van der Waals surface area contributed by atoms with Gasteiger partial charge in [0.2, 0.25) is 5.88 Å². The van der Waals surface area contributed by atoms with E-state index in [-0.39, 0.29) is 5.97 Å². The largest absolute Gasteiger partial charge is 0.478 e. The normalized spacial score (nSPS) is 9.62. The van der Waals surface area contributed by atoms with E-state index in [1.165, 1.54) is 7.11 Å². The van der Waals surface area contributed by atoms with Gasteiger partial charge < -0.3 is 14.8 Å². The maximum Gasteiger partial charge on any atom is 0.307 e. The summed E-state index contributed by atoms with van der Waals surface area (Å²) in [6.07, 6.45) is 0.317. The highest BCUT2D eigenvalue weighted by Gasteiger charge is 2.01. The van der Waals surface area contributed by atoms with Gasteiger partial charge in [0.15, 0.2) is 0 Å². The Bertz CT molecular complexity index is 342. The van der Waals surface area contributed by atoms with Gasteiger partial charge in [-0.1, -0.05) is 6.07 Å². The Morgan fingerprint density at radius 3 is 3.00 bits per heavy atom. The molecule has 0 saturated carbocycles. The molecule has 0 unspecified atom stereocenters. The van der Waals surface area contributed by atoms with Crippen LogP contribution < -0.4 is 10.1 Å². The van der Waals surface area contributed by atoms with Crippen LogP contribution in [0.4, 0.5) is 5.82 Å². The van der Waals surface area contributed by atoms with Crippen molar-refractivity contribution < 1.29 is 14.3 Å². The fraction of sp³-hybridized carbons (Fsp3) is 0.455. The summed E-state index contributed by atoms with van der Waals surface area (Å²) in [6, 6.07) is 5.45. The minimum absolute atomic E-state index is 0.242. The van der Waals surface area contributed by atoms with Crippen LogP contribution >= 0.6 is 0 Å². The lowest BCUT2D eigenvalue weighted by Crippen LogP contribution is -2.10. The van der Waals surface area contributed by atoms with Gasteiger partial charge in [0.1, 0.15) is 5.82 Å². The van der Waals surface area contributed by atoms with Crippen molar-refractivity contribution in [1.82, 2.24) is 4.98 Å². The van der Waals surface area contributed by atoms with Crippen LogP contribution in [0.3, 0.4) is 0 Å². The van der Waals surface area contributed by atoms with Gasteiger partial charge in [-0.3, -0.25) is 4.79 Å². The number of methoxy groups -OCH3 is 1. The summed E-state index contributed by atoms with van der Waals surface area (Å²) in [4.78, 5) is 15.1. The summed E-state index contributed by atoms with van der Waals surface area (Å²) in [6.45, 7) is 2.98. The van der Waals surface area contributed by atoms with Crippen molar-refractivity contribution in [1.29, 1.82) is 0 Å². The van der Waals surface area contributed by atoms with Crippen LogP contribution in [0.25, 0.3) is 0 Å². The minimum Gasteiger partial charge on any atom is -0.478 e. The molecular weight excluding hydrogens is 208 g/mol. The molecule has 1 aromatic heterocycles. The first kappa shape index (κ1) is 12.3. The second-order valence-electron chi connectivity index (χ2n) is 3.05. The SMILES string of the molecule is CCOc1cccc(NCCC(=O)OC)n1.